The van der Waals surface area contributed by atoms with Crippen LogP contribution in [0.3, 0.4) is 0 Å². The Bertz CT molecular complexity index is 628. The van der Waals surface area contributed by atoms with Gasteiger partial charge in [0.15, 0.2) is 9.84 Å². The molecule has 1 N–H and O–H groups in total. The molecule has 0 saturated carbocycles. The van der Waals surface area contributed by atoms with E-state index < -0.39 is 9.84 Å². The Morgan fingerprint density at radius 2 is 2.14 bits per heavy atom. The molecule has 1 fully saturated rings. The third kappa shape index (κ3) is 3.45. The molecule has 2 rings (SSSR count). The van der Waals surface area contributed by atoms with E-state index in [4.69, 9.17) is 0 Å². The highest BCUT2D eigenvalue weighted by atomic mass is 32.2. The third-order valence-corrected chi connectivity index (χ3v) is 5.61. The smallest absolute Gasteiger partial charge is 0.274 e. The molecule has 1 saturated heterocycles. The minimum Gasteiger partial charge on any atom is -0.333 e. The van der Waals surface area contributed by atoms with Gasteiger partial charge in [-0.3, -0.25) is 9.89 Å². The lowest BCUT2D eigenvalue weighted by Gasteiger charge is -2.25. The van der Waals surface area contributed by atoms with Crippen molar-refractivity contribution in [2.45, 2.75) is 45.6 Å². The summed E-state index contributed by atoms with van der Waals surface area (Å²) in [4.78, 5) is 14.2. The number of carbonyl (C=O) groups excluding carboxylic acids is 1. The van der Waals surface area contributed by atoms with Crippen LogP contribution < -0.4 is 0 Å². The molecule has 0 radical (unpaired) electrons. The van der Waals surface area contributed by atoms with Crippen molar-refractivity contribution in [3.05, 3.63) is 17.5 Å². The standard InChI is InChI=1S/C14H23N3O3S/c1-5-17(10-6-7-21(19,20)9-10)13(18)11-8-12(16-15-11)14(2,3)4/h8,10H,5-7,9H2,1-4H3,(H,15,16). The number of carbonyl (C=O) groups is 1. The third-order valence-electron chi connectivity index (χ3n) is 3.86. The molecule has 1 atom stereocenters. The molecule has 1 amide bonds. The van der Waals surface area contributed by atoms with E-state index in [0.717, 1.165) is 5.69 Å². The molecule has 1 aliphatic heterocycles. The lowest BCUT2D eigenvalue weighted by atomic mass is 9.92. The number of aromatic amines is 1. The fourth-order valence-corrected chi connectivity index (χ4v) is 4.28. The van der Waals surface area contributed by atoms with Gasteiger partial charge in [0, 0.05) is 23.7 Å². The first-order valence-corrected chi connectivity index (χ1v) is 9.03. The van der Waals surface area contributed by atoms with Crippen LogP contribution in [-0.4, -0.2) is 53.5 Å². The molecular formula is C14H23N3O3S. The highest BCUT2D eigenvalue weighted by molar-refractivity contribution is 7.91. The van der Waals surface area contributed by atoms with E-state index in [1.165, 1.54) is 0 Å². The van der Waals surface area contributed by atoms with Gasteiger partial charge in [0.25, 0.3) is 5.91 Å². The number of H-pyrrole nitrogens is 1. The Kier molecular flexibility index (Phi) is 4.15. The van der Waals surface area contributed by atoms with Gasteiger partial charge in [-0.05, 0) is 19.4 Å². The second-order valence-electron chi connectivity index (χ2n) is 6.56. The molecule has 1 aromatic rings. The van der Waals surface area contributed by atoms with Crippen molar-refractivity contribution >= 4 is 15.7 Å². The van der Waals surface area contributed by atoms with Crippen molar-refractivity contribution in [1.82, 2.24) is 15.1 Å². The minimum absolute atomic E-state index is 0.0587. The molecule has 7 heteroatoms. The first-order chi connectivity index (χ1) is 9.64. The zero-order valence-corrected chi connectivity index (χ0v) is 13.8. The predicted molar refractivity (Wildman–Crippen MR) is 81.1 cm³/mol. The average molecular weight is 313 g/mol. The molecule has 1 unspecified atom stereocenters. The van der Waals surface area contributed by atoms with E-state index >= 15 is 0 Å². The number of hydrogen-bond acceptors (Lipinski definition) is 4. The maximum absolute atomic E-state index is 12.6. The summed E-state index contributed by atoms with van der Waals surface area (Å²) in [6.07, 6.45) is 0.512. The van der Waals surface area contributed by atoms with Crippen LogP contribution in [0, 0.1) is 0 Å². The molecule has 21 heavy (non-hydrogen) atoms. The van der Waals surface area contributed by atoms with E-state index in [9.17, 15) is 13.2 Å². The first kappa shape index (κ1) is 16.0. The normalized spacial score (nSPS) is 21.4. The van der Waals surface area contributed by atoms with Crippen molar-refractivity contribution in [2.75, 3.05) is 18.1 Å². The lowest BCUT2D eigenvalue weighted by molar-refractivity contribution is 0.0702. The summed E-state index contributed by atoms with van der Waals surface area (Å²) in [5.74, 6) is 0.0182. The van der Waals surface area contributed by atoms with Gasteiger partial charge in [-0.2, -0.15) is 5.10 Å². The van der Waals surface area contributed by atoms with Crippen molar-refractivity contribution < 1.29 is 13.2 Å². The fourth-order valence-electron chi connectivity index (χ4n) is 2.55. The van der Waals surface area contributed by atoms with Crippen LogP contribution in [-0.2, 0) is 15.3 Å². The van der Waals surface area contributed by atoms with E-state index in [-0.39, 0.29) is 28.9 Å². The summed E-state index contributed by atoms with van der Waals surface area (Å²) in [6.45, 7) is 8.46. The zero-order chi connectivity index (χ0) is 15.8. The average Bonchev–Trinajstić information content (AvgIpc) is 2.96. The Balaban J connectivity index is 2.19. The van der Waals surface area contributed by atoms with Gasteiger partial charge in [-0.25, -0.2) is 8.42 Å². The monoisotopic (exact) mass is 313 g/mol. The van der Waals surface area contributed by atoms with Crippen LogP contribution in [0.2, 0.25) is 0 Å². The Morgan fingerprint density at radius 3 is 2.57 bits per heavy atom. The number of rotatable bonds is 3. The van der Waals surface area contributed by atoms with Crippen LogP contribution in [0.25, 0.3) is 0 Å². The molecule has 6 nitrogen and oxygen atoms in total. The summed E-state index contributed by atoms with van der Waals surface area (Å²) in [7, 11) is -3.01. The highest BCUT2D eigenvalue weighted by Gasteiger charge is 2.35. The van der Waals surface area contributed by atoms with Gasteiger partial charge >= 0.3 is 0 Å². The van der Waals surface area contributed by atoms with Gasteiger partial charge in [-0.1, -0.05) is 20.8 Å². The zero-order valence-electron chi connectivity index (χ0n) is 13.0. The SMILES string of the molecule is CCN(C(=O)c1cc(C(C)(C)C)[nH]n1)C1CCS(=O)(=O)C1. The van der Waals surface area contributed by atoms with Gasteiger partial charge in [0.2, 0.25) is 0 Å². The van der Waals surface area contributed by atoms with Gasteiger partial charge < -0.3 is 4.90 Å². The molecule has 0 aromatic carbocycles. The van der Waals surface area contributed by atoms with E-state index in [0.29, 0.717) is 18.7 Å². The highest BCUT2D eigenvalue weighted by Crippen LogP contribution is 2.23. The maximum Gasteiger partial charge on any atom is 0.274 e. The molecule has 1 aromatic heterocycles. The van der Waals surface area contributed by atoms with Crippen LogP contribution in [0.15, 0.2) is 6.07 Å². The van der Waals surface area contributed by atoms with Crippen molar-refractivity contribution in [2.24, 2.45) is 0 Å². The summed E-state index contributed by atoms with van der Waals surface area (Å²) in [6, 6.07) is 1.52. The lowest BCUT2D eigenvalue weighted by Crippen LogP contribution is -2.41. The Morgan fingerprint density at radius 1 is 1.48 bits per heavy atom. The van der Waals surface area contributed by atoms with Crippen molar-refractivity contribution in [3.63, 3.8) is 0 Å². The molecule has 2 heterocycles. The molecule has 1 aliphatic rings. The van der Waals surface area contributed by atoms with E-state index in [1.54, 1.807) is 11.0 Å². The van der Waals surface area contributed by atoms with E-state index in [2.05, 4.69) is 10.2 Å². The van der Waals surface area contributed by atoms with Crippen molar-refractivity contribution in [3.8, 4) is 0 Å². The second-order valence-corrected chi connectivity index (χ2v) is 8.79. The summed E-state index contributed by atoms with van der Waals surface area (Å²) in [5.41, 5.74) is 1.13. The first-order valence-electron chi connectivity index (χ1n) is 7.21. The molecule has 118 valence electrons. The van der Waals surface area contributed by atoms with Crippen LogP contribution in [0.5, 0.6) is 0 Å². The number of nitrogens with one attached hydrogen (secondary N) is 1. The maximum atomic E-state index is 12.6. The number of nitrogens with zero attached hydrogens (tertiary/aromatic N) is 2. The van der Waals surface area contributed by atoms with Gasteiger partial charge in [0.05, 0.1) is 11.5 Å². The molecule has 0 aliphatic carbocycles. The number of sulfone groups is 1. The van der Waals surface area contributed by atoms with Gasteiger partial charge in [0.1, 0.15) is 5.69 Å². The minimum atomic E-state index is -3.01. The van der Waals surface area contributed by atoms with E-state index in [1.807, 2.05) is 27.7 Å². The number of aromatic nitrogens is 2. The fraction of sp³-hybridized carbons (Fsp3) is 0.714. The quantitative estimate of drug-likeness (QED) is 0.913. The van der Waals surface area contributed by atoms with Gasteiger partial charge in [-0.15, -0.1) is 0 Å². The molecule has 0 spiro atoms. The van der Waals surface area contributed by atoms with Crippen LogP contribution in [0.1, 0.15) is 50.3 Å². The van der Waals surface area contributed by atoms with Crippen molar-refractivity contribution in [1.29, 1.82) is 0 Å². The number of hydrogen-bond donors (Lipinski definition) is 1. The summed E-state index contributed by atoms with van der Waals surface area (Å²) < 4.78 is 23.2. The molecule has 0 bridgehead atoms. The second kappa shape index (κ2) is 5.44. The summed E-state index contributed by atoms with van der Waals surface area (Å²) in [5, 5.41) is 6.99. The topological polar surface area (TPSA) is 83.1 Å². The summed E-state index contributed by atoms with van der Waals surface area (Å²) >= 11 is 0. The predicted octanol–water partition coefficient (Wildman–Crippen LogP) is 1.36. The Hall–Kier alpha value is -1.37. The largest absolute Gasteiger partial charge is 0.333 e. The molecular weight excluding hydrogens is 290 g/mol. The van der Waals surface area contributed by atoms with Crippen LogP contribution in [0.4, 0.5) is 0 Å². The van der Waals surface area contributed by atoms with Crippen LogP contribution >= 0.6 is 0 Å². The number of amides is 1. The Labute approximate surface area is 125 Å².